The number of aromatic nitrogens is 1. The van der Waals surface area contributed by atoms with Crippen LogP contribution in [0.5, 0.6) is 0 Å². The first-order valence-electron chi connectivity index (χ1n) is 13.5. The number of nitrogens with one attached hydrogen (secondary N) is 2. The van der Waals surface area contributed by atoms with Crippen molar-refractivity contribution < 1.29 is 14.3 Å². The van der Waals surface area contributed by atoms with E-state index in [4.69, 9.17) is 15.5 Å². The molecule has 8 heteroatoms. The lowest BCUT2D eigenvalue weighted by Crippen LogP contribution is -2.40. The highest BCUT2D eigenvalue weighted by Crippen LogP contribution is 2.41. The van der Waals surface area contributed by atoms with Gasteiger partial charge < -0.3 is 21.1 Å². The third kappa shape index (κ3) is 6.17. The van der Waals surface area contributed by atoms with E-state index in [9.17, 15) is 9.59 Å². The van der Waals surface area contributed by atoms with E-state index in [2.05, 4.69) is 41.8 Å². The lowest BCUT2D eigenvalue weighted by atomic mass is 9.80. The van der Waals surface area contributed by atoms with Crippen molar-refractivity contribution in [2.24, 2.45) is 0 Å². The van der Waals surface area contributed by atoms with E-state index in [1.54, 1.807) is 32.9 Å². The van der Waals surface area contributed by atoms with Gasteiger partial charge in [0.05, 0.1) is 16.4 Å². The van der Waals surface area contributed by atoms with Crippen LogP contribution < -0.4 is 16.4 Å². The topological polar surface area (TPSA) is 106 Å². The molecule has 7 nitrogen and oxygen atoms in total. The Bertz CT molecular complexity index is 1530. The second-order valence-corrected chi connectivity index (χ2v) is 12.8. The van der Waals surface area contributed by atoms with Crippen molar-refractivity contribution in [3.63, 3.8) is 0 Å². The molecule has 5 rings (SSSR count). The summed E-state index contributed by atoms with van der Waals surface area (Å²) < 4.78 is 5.37. The second kappa shape index (κ2) is 10.5. The number of anilines is 1. The van der Waals surface area contributed by atoms with Gasteiger partial charge in [0.1, 0.15) is 10.4 Å². The lowest BCUT2D eigenvalue weighted by Gasteiger charge is -2.24. The van der Waals surface area contributed by atoms with Crippen LogP contribution >= 0.6 is 11.3 Å². The standard InChI is InChI=1S/C31H36N4O3S/c1-30(2,3)38-29(37)33-18-25(19-8-7-9-23(32)16-19)34-27(36)26-17-21-14-20-15-22(31(4)12-5-6-13-31)10-11-24(20)35-28(21)39-26/h7-11,14-17,25H,5-6,12-13,18,32H2,1-4H3,(H,33,37)(H,34,36)/t25-/m1/s1. The molecule has 0 bridgehead atoms. The number of carbonyl (C=O) groups is 2. The summed E-state index contributed by atoms with van der Waals surface area (Å²) in [6.45, 7) is 7.92. The van der Waals surface area contributed by atoms with E-state index in [1.807, 2.05) is 18.2 Å². The van der Waals surface area contributed by atoms with Gasteiger partial charge in [0.2, 0.25) is 0 Å². The molecule has 0 spiro atoms. The summed E-state index contributed by atoms with van der Waals surface area (Å²) in [7, 11) is 0. The summed E-state index contributed by atoms with van der Waals surface area (Å²) in [4.78, 5) is 32.0. The molecule has 1 aliphatic rings. The summed E-state index contributed by atoms with van der Waals surface area (Å²) >= 11 is 1.36. The van der Waals surface area contributed by atoms with E-state index in [0.29, 0.717) is 10.6 Å². The average molecular weight is 545 g/mol. The number of thiophene rings is 1. The van der Waals surface area contributed by atoms with Crippen LogP contribution in [0, 0.1) is 0 Å². The Morgan fingerprint density at radius 2 is 1.85 bits per heavy atom. The van der Waals surface area contributed by atoms with Gasteiger partial charge in [-0.3, -0.25) is 4.79 Å². The molecular formula is C31H36N4O3S. The Balaban J connectivity index is 1.38. The van der Waals surface area contributed by atoms with Crippen LogP contribution in [0.15, 0.2) is 54.6 Å². The summed E-state index contributed by atoms with van der Waals surface area (Å²) in [5, 5.41) is 7.87. The first-order chi connectivity index (χ1) is 18.5. The maximum atomic E-state index is 13.4. The number of nitrogens with two attached hydrogens (primary N) is 1. The van der Waals surface area contributed by atoms with Crippen molar-refractivity contribution in [3.05, 3.63) is 70.6 Å². The van der Waals surface area contributed by atoms with E-state index in [-0.39, 0.29) is 17.9 Å². The van der Waals surface area contributed by atoms with Crippen molar-refractivity contribution in [2.75, 3.05) is 12.3 Å². The minimum absolute atomic E-state index is 0.151. The Hall–Kier alpha value is -3.65. The first kappa shape index (κ1) is 26.9. The third-order valence-corrected chi connectivity index (χ3v) is 8.44. The smallest absolute Gasteiger partial charge is 0.407 e. The number of carbonyl (C=O) groups excluding carboxylic acids is 2. The van der Waals surface area contributed by atoms with Crippen LogP contribution in [-0.2, 0) is 10.2 Å². The molecule has 39 heavy (non-hydrogen) atoms. The maximum Gasteiger partial charge on any atom is 0.407 e. The fourth-order valence-electron chi connectivity index (χ4n) is 5.32. The molecule has 204 valence electrons. The molecule has 2 aromatic carbocycles. The maximum absolute atomic E-state index is 13.4. The molecule has 0 aliphatic heterocycles. The molecule has 0 saturated heterocycles. The van der Waals surface area contributed by atoms with E-state index >= 15 is 0 Å². The number of pyridine rings is 1. The summed E-state index contributed by atoms with van der Waals surface area (Å²) in [5.41, 5.74) is 9.27. The molecule has 4 N–H and O–H groups in total. The Kier molecular flexibility index (Phi) is 7.25. The number of rotatable bonds is 6. The summed E-state index contributed by atoms with van der Waals surface area (Å²) in [5.74, 6) is -0.236. The van der Waals surface area contributed by atoms with E-state index in [0.717, 1.165) is 26.7 Å². The number of ether oxygens (including phenoxy) is 1. The van der Waals surface area contributed by atoms with Gasteiger partial charge in [-0.2, -0.15) is 0 Å². The van der Waals surface area contributed by atoms with Gasteiger partial charge in [-0.1, -0.05) is 38.0 Å². The quantitative estimate of drug-likeness (QED) is 0.230. The highest BCUT2D eigenvalue weighted by molar-refractivity contribution is 7.20. The number of nitrogens with zero attached hydrogens (tertiary/aromatic N) is 1. The third-order valence-electron chi connectivity index (χ3n) is 7.40. The minimum atomic E-state index is -0.622. The SMILES string of the molecule is CC(C)(C)OC(=O)NC[C@@H](NC(=O)c1cc2cc3cc(C4(C)CCCC4)ccc3nc2s1)c1cccc(N)c1. The zero-order valence-corrected chi connectivity index (χ0v) is 23.8. The second-order valence-electron chi connectivity index (χ2n) is 11.7. The molecule has 2 amide bonds. The van der Waals surface area contributed by atoms with Gasteiger partial charge in [0.25, 0.3) is 5.91 Å². The minimum Gasteiger partial charge on any atom is -0.444 e. The predicted octanol–water partition coefficient (Wildman–Crippen LogP) is 6.86. The molecule has 2 heterocycles. The normalized spacial score (nSPS) is 15.8. The summed E-state index contributed by atoms with van der Waals surface area (Å²) in [6, 6.07) is 17.4. The monoisotopic (exact) mass is 544 g/mol. The zero-order valence-electron chi connectivity index (χ0n) is 23.0. The van der Waals surface area contributed by atoms with E-state index < -0.39 is 17.7 Å². The average Bonchev–Trinajstić information content (AvgIpc) is 3.50. The molecule has 2 aromatic heterocycles. The molecule has 1 fully saturated rings. The number of nitrogen functional groups attached to an aromatic ring is 1. The van der Waals surface area contributed by atoms with Crippen molar-refractivity contribution in [1.29, 1.82) is 0 Å². The molecule has 1 saturated carbocycles. The van der Waals surface area contributed by atoms with Crippen molar-refractivity contribution in [1.82, 2.24) is 15.6 Å². The largest absolute Gasteiger partial charge is 0.444 e. The van der Waals surface area contributed by atoms with Crippen LogP contribution in [0.25, 0.3) is 21.1 Å². The first-order valence-corrected chi connectivity index (χ1v) is 14.3. The van der Waals surface area contributed by atoms with Gasteiger partial charge in [0.15, 0.2) is 0 Å². The molecular weight excluding hydrogens is 508 g/mol. The van der Waals surface area contributed by atoms with Crippen LogP contribution in [-0.4, -0.2) is 29.1 Å². The molecule has 1 aliphatic carbocycles. The van der Waals surface area contributed by atoms with Crippen LogP contribution in [0.4, 0.5) is 10.5 Å². The Morgan fingerprint density at radius 1 is 1.08 bits per heavy atom. The number of fused-ring (bicyclic) bond motifs is 2. The van der Waals surface area contributed by atoms with Crippen molar-refractivity contribution >= 4 is 50.1 Å². The number of hydrogen-bond acceptors (Lipinski definition) is 6. The Labute approximate surface area is 233 Å². The van der Waals surface area contributed by atoms with Crippen molar-refractivity contribution in [2.45, 2.75) is 70.4 Å². The van der Waals surface area contributed by atoms with E-state index in [1.165, 1.54) is 42.6 Å². The van der Waals surface area contributed by atoms with Gasteiger partial charge in [-0.05, 0) is 86.6 Å². The number of amides is 2. The Morgan fingerprint density at radius 3 is 2.56 bits per heavy atom. The van der Waals surface area contributed by atoms with Gasteiger partial charge >= 0.3 is 6.09 Å². The van der Waals surface area contributed by atoms with Crippen LogP contribution in [0.2, 0.25) is 0 Å². The number of benzene rings is 2. The van der Waals surface area contributed by atoms with Crippen molar-refractivity contribution in [3.8, 4) is 0 Å². The van der Waals surface area contributed by atoms with Gasteiger partial charge in [-0.25, -0.2) is 9.78 Å². The zero-order chi connectivity index (χ0) is 27.8. The van der Waals surface area contributed by atoms with Gasteiger partial charge in [-0.15, -0.1) is 11.3 Å². The molecule has 0 radical (unpaired) electrons. The van der Waals surface area contributed by atoms with Gasteiger partial charge in [0, 0.05) is 23.0 Å². The fourth-order valence-corrected chi connectivity index (χ4v) is 6.25. The molecule has 0 unspecified atom stereocenters. The number of hydrogen-bond donors (Lipinski definition) is 3. The lowest BCUT2D eigenvalue weighted by molar-refractivity contribution is 0.0520. The van der Waals surface area contributed by atoms with Crippen LogP contribution in [0.1, 0.15) is 80.2 Å². The highest BCUT2D eigenvalue weighted by atomic mass is 32.1. The summed E-state index contributed by atoms with van der Waals surface area (Å²) in [6.07, 6.45) is 4.44. The fraction of sp³-hybridized carbons (Fsp3) is 0.387. The number of alkyl carbamates (subject to hydrolysis) is 1. The highest BCUT2D eigenvalue weighted by Gasteiger charge is 2.30. The molecule has 4 aromatic rings. The van der Waals surface area contributed by atoms with Crippen LogP contribution in [0.3, 0.4) is 0 Å². The predicted molar refractivity (Wildman–Crippen MR) is 158 cm³/mol. The molecule has 1 atom stereocenters.